The lowest BCUT2D eigenvalue weighted by molar-refractivity contribution is -0.0134. The van der Waals surface area contributed by atoms with Crippen molar-refractivity contribution in [3.63, 3.8) is 0 Å². The standard InChI is InChI=1S/C21H29N3O/c1-3-10-25-20-11-18-8-9-19(12-20)23(18)14-16(2)15-24-21-7-5-4-6-17(21)13-22-24/h3-7,13,16,18-20H,1,8-12,14-15H2,2H3/t16-,18-,19+,20?/m1/s1. The minimum Gasteiger partial charge on any atom is -0.374 e. The van der Waals surface area contributed by atoms with Crippen molar-refractivity contribution in [2.75, 3.05) is 13.2 Å². The van der Waals surface area contributed by atoms with E-state index in [9.17, 15) is 0 Å². The number of aromatic nitrogens is 2. The maximum atomic E-state index is 5.94. The lowest BCUT2D eigenvalue weighted by Crippen LogP contribution is -2.47. The molecule has 0 N–H and O–H groups in total. The molecule has 3 heterocycles. The third-order valence-electron chi connectivity index (χ3n) is 5.85. The Morgan fingerprint density at radius 3 is 2.76 bits per heavy atom. The Hall–Kier alpha value is -1.65. The van der Waals surface area contributed by atoms with Crippen LogP contribution in [0, 0.1) is 5.92 Å². The van der Waals surface area contributed by atoms with Crippen LogP contribution in [0.3, 0.4) is 0 Å². The number of hydrogen-bond acceptors (Lipinski definition) is 3. The molecule has 0 spiro atoms. The average molecular weight is 339 g/mol. The molecule has 25 heavy (non-hydrogen) atoms. The summed E-state index contributed by atoms with van der Waals surface area (Å²) in [6.45, 7) is 8.96. The van der Waals surface area contributed by atoms with Crippen LogP contribution in [0.15, 0.2) is 43.1 Å². The molecule has 0 saturated carbocycles. The van der Waals surface area contributed by atoms with Crippen molar-refractivity contribution in [3.05, 3.63) is 43.1 Å². The van der Waals surface area contributed by atoms with Gasteiger partial charge in [-0.2, -0.15) is 5.10 Å². The number of fused-ring (bicyclic) bond motifs is 3. The van der Waals surface area contributed by atoms with Gasteiger partial charge >= 0.3 is 0 Å². The molecule has 2 aliphatic rings. The maximum Gasteiger partial charge on any atom is 0.0682 e. The van der Waals surface area contributed by atoms with E-state index in [1.807, 2.05) is 12.3 Å². The molecule has 4 heteroatoms. The second-order valence-corrected chi connectivity index (χ2v) is 7.79. The van der Waals surface area contributed by atoms with Crippen molar-refractivity contribution in [2.24, 2.45) is 5.92 Å². The van der Waals surface area contributed by atoms with Gasteiger partial charge in [-0.3, -0.25) is 9.58 Å². The van der Waals surface area contributed by atoms with Crippen LogP contribution in [0.5, 0.6) is 0 Å². The van der Waals surface area contributed by atoms with Crippen molar-refractivity contribution >= 4 is 10.9 Å². The molecule has 0 amide bonds. The van der Waals surface area contributed by atoms with E-state index in [-0.39, 0.29) is 0 Å². The van der Waals surface area contributed by atoms with Gasteiger partial charge in [0.2, 0.25) is 0 Å². The fraction of sp³-hybridized carbons (Fsp3) is 0.571. The first-order chi connectivity index (χ1) is 12.2. The van der Waals surface area contributed by atoms with Gasteiger partial charge in [-0.25, -0.2) is 0 Å². The Kier molecular flexibility index (Phi) is 4.91. The molecule has 1 unspecified atom stereocenters. The second-order valence-electron chi connectivity index (χ2n) is 7.79. The van der Waals surface area contributed by atoms with Crippen LogP contribution < -0.4 is 0 Å². The molecule has 134 valence electrons. The highest BCUT2D eigenvalue weighted by atomic mass is 16.5. The van der Waals surface area contributed by atoms with Crippen molar-refractivity contribution in [2.45, 2.75) is 57.3 Å². The van der Waals surface area contributed by atoms with Gasteiger partial charge in [0, 0.05) is 30.6 Å². The Bertz CT molecular complexity index is 711. The Labute approximate surface area is 150 Å². The summed E-state index contributed by atoms with van der Waals surface area (Å²) in [5, 5.41) is 5.83. The van der Waals surface area contributed by atoms with E-state index >= 15 is 0 Å². The van der Waals surface area contributed by atoms with Crippen molar-refractivity contribution in [3.8, 4) is 0 Å². The first-order valence-corrected chi connectivity index (χ1v) is 9.63. The minimum atomic E-state index is 0.428. The van der Waals surface area contributed by atoms with Crippen molar-refractivity contribution < 1.29 is 4.74 Å². The Morgan fingerprint density at radius 2 is 2.00 bits per heavy atom. The van der Waals surface area contributed by atoms with Crippen molar-refractivity contribution in [1.82, 2.24) is 14.7 Å². The highest BCUT2D eigenvalue weighted by Crippen LogP contribution is 2.37. The van der Waals surface area contributed by atoms with Crippen LogP contribution in [-0.2, 0) is 11.3 Å². The molecule has 0 aliphatic carbocycles. The fourth-order valence-electron chi connectivity index (χ4n) is 4.75. The van der Waals surface area contributed by atoms with Crippen LogP contribution in [-0.4, -0.2) is 46.0 Å². The third-order valence-corrected chi connectivity index (χ3v) is 5.85. The summed E-state index contributed by atoms with van der Waals surface area (Å²) in [7, 11) is 0. The molecule has 4 atom stereocenters. The first kappa shape index (κ1) is 16.8. The maximum absolute atomic E-state index is 5.94. The van der Waals surface area contributed by atoms with E-state index in [0.29, 0.717) is 30.7 Å². The number of benzene rings is 1. The molecule has 0 radical (unpaired) electrons. The van der Waals surface area contributed by atoms with Gasteiger partial charge in [0.15, 0.2) is 0 Å². The van der Waals surface area contributed by atoms with Crippen LogP contribution in [0.4, 0.5) is 0 Å². The van der Waals surface area contributed by atoms with E-state index in [0.717, 1.165) is 13.1 Å². The van der Waals surface area contributed by atoms with E-state index < -0.39 is 0 Å². The molecule has 2 bridgehead atoms. The molecule has 2 aromatic rings. The molecular formula is C21H29N3O. The number of nitrogens with zero attached hydrogens (tertiary/aromatic N) is 3. The van der Waals surface area contributed by atoms with Gasteiger partial charge in [-0.05, 0) is 37.7 Å². The summed E-state index contributed by atoms with van der Waals surface area (Å²) < 4.78 is 8.11. The summed E-state index contributed by atoms with van der Waals surface area (Å²) in [6, 6.07) is 9.88. The smallest absolute Gasteiger partial charge is 0.0682 e. The summed E-state index contributed by atoms with van der Waals surface area (Å²) in [6.07, 6.45) is 9.30. The molecule has 4 nitrogen and oxygen atoms in total. The predicted octanol–water partition coefficient (Wildman–Crippen LogP) is 3.87. The highest BCUT2D eigenvalue weighted by molar-refractivity contribution is 5.78. The summed E-state index contributed by atoms with van der Waals surface area (Å²) in [5.41, 5.74) is 1.24. The van der Waals surface area contributed by atoms with E-state index in [1.165, 1.54) is 36.6 Å². The summed E-state index contributed by atoms with van der Waals surface area (Å²) in [5.74, 6) is 0.594. The monoisotopic (exact) mass is 339 g/mol. The van der Waals surface area contributed by atoms with Gasteiger partial charge in [0.05, 0.1) is 24.4 Å². The lowest BCUT2D eigenvalue weighted by atomic mass is 9.98. The van der Waals surface area contributed by atoms with E-state index in [2.05, 4.69) is 52.4 Å². The molecule has 1 aromatic heterocycles. The average Bonchev–Trinajstić information content (AvgIpc) is 3.11. The zero-order valence-electron chi connectivity index (χ0n) is 15.2. The van der Waals surface area contributed by atoms with Gasteiger partial charge in [0.1, 0.15) is 0 Å². The van der Waals surface area contributed by atoms with E-state index in [1.54, 1.807) is 0 Å². The number of para-hydroxylation sites is 1. The van der Waals surface area contributed by atoms with Crippen LogP contribution in [0.1, 0.15) is 32.6 Å². The van der Waals surface area contributed by atoms with Gasteiger partial charge in [-0.15, -0.1) is 6.58 Å². The SMILES string of the molecule is C=CCOC1C[C@H]2CC[C@@H](C1)N2C[C@@H](C)Cn1ncc2ccccc21. The summed E-state index contributed by atoms with van der Waals surface area (Å²) >= 11 is 0. The second kappa shape index (κ2) is 7.30. The van der Waals surface area contributed by atoms with Crippen LogP contribution >= 0.6 is 0 Å². The molecule has 1 aromatic carbocycles. The Balaban J connectivity index is 1.37. The normalized spacial score (nSPS) is 27.6. The third kappa shape index (κ3) is 3.51. The highest BCUT2D eigenvalue weighted by Gasteiger charge is 2.41. The molecular weight excluding hydrogens is 310 g/mol. The number of rotatable bonds is 7. The summed E-state index contributed by atoms with van der Waals surface area (Å²) in [4.78, 5) is 2.75. The van der Waals surface area contributed by atoms with Gasteiger partial charge in [0.25, 0.3) is 0 Å². The van der Waals surface area contributed by atoms with Gasteiger partial charge in [-0.1, -0.05) is 31.2 Å². The fourth-order valence-corrected chi connectivity index (χ4v) is 4.75. The quantitative estimate of drug-likeness (QED) is 0.717. The molecule has 2 fully saturated rings. The topological polar surface area (TPSA) is 30.3 Å². The Morgan fingerprint density at radius 1 is 1.24 bits per heavy atom. The van der Waals surface area contributed by atoms with Crippen molar-refractivity contribution in [1.29, 1.82) is 0 Å². The zero-order valence-corrected chi connectivity index (χ0v) is 15.2. The predicted molar refractivity (Wildman–Crippen MR) is 102 cm³/mol. The van der Waals surface area contributed by atoms with Crippen LogP contribution in [0.2, 0.25) is 0 Å². The number of piperidine rings is 1. The van der Waals surface area contributed by atoms with Crippen LogP contribution in [0.25, 0.3) is 10.9 Å². The van der Waals surface area contributed by atoms with E-state index in [4.69, 9.17) is 4.74 Å². The molecule has 2 aliphatic heterocycles. The largest absolute Gasteiger partial charge is 0.374 e. The lowest BCUT2D eigenvalue weighted by Gasteiger charge is -2.40. The molecule has 2 saturated heterocycles. The number of hydrogen-bond donors (Lipinski definition) is 0. The molecule has 4 rings (SSSR count). The zero-order chi connectivity index (χ0) is 17.2. The first-order valence-electron chi connectivity index (χ1n) is 9.63. The minimum absolute atomic E-state index is 0.428. The number of ether oxygens (including phenoxy) is 1. The van der Waals surface area contributed by atoms with Gasteiger partial charge < -0.3 is 4.74 Å².